The van der Waals surface area contributed by atoms with E-state index in [9.17, 15) is 0 Å². The van der Waals surface area contributed by atoms with E-state index >= 15 is 0 Å². The van der Waals surface area contributed by atoms with Crippen LogP contribution in [0.25, 0.3) is 109 Å². The van der Waals surface area contributed by atoms with E-state index in [1.54, 1.807) is 0 Å². The summed E-state index contributed by atoms with van der Waals surface area (Å²) in [7, 11) is 0. The monoisotopic (exact) mass is 722 g/mol. The lowest BCUT2D eigenvalue weighted by Gasteiger charge is -2.23. The summed E-state index contributed by atoms with van der Waals surface area (Å²) in [5.74, 6) is 0. The highest BCUT2D eigenvalue weighted by molar-refractivity contribution is 6.18. The molecule has 1 aliphatic carbocycles. The van der Waals surface area contributed by atoms with E-state index in [1.165, 1.54) is 120 Å². The first-order valence-electron chi connectivity index (χ1n) is 20.1. The van der Waals surface area contributed by atoms with Gasteiger partial charge in [0.2, 0.25) is 0 Å². The Bertz CT molecular complexity index is 3220. The minimum absolute atomic E-state index is 0.139. The van der Waals surface area contributed by atoms with Gasteiger partial charge in [0.1, 0.15) is 0 Å². The predicted molar refractivity (Wildman–Crippen MR) is 245 cm³/mol. The molecule has 0 spiro atoms. The van der Waals surface area contributed by atoms with Crippen LogP contribution in [0.15, 0.2) is 194 Å². The molecule has 0 saturated carbocycles. The third kappa shape index (κ3) is 4.81. The molecule has 0 N–H and O–H groups in total. The van der Waals surface area contributed by atoms with E-state index in [-0.39, 0.29) is 5.41 Å². The predicted octanol–water partition coefficient (Wildman–Crippen LogP) is 15.9. The lowest BCUT2D eigenvalue weighted by molar-refractivity contribution is 0.663. The lowest BCUT2D eigenvalue weighted by Crippen LogP contribution is -2.15. The standard InChI is InChI=1S/C57H38/c1-57(2)53-33-43(35-19-23-37(24-20-35)51-31-39-11-3-5-13-45(39)47-15-7-9-17-49(47)51)29-41-27-28-42-30-44(34-54(57)56(42)55(41)53)36-21-25-38(26-22-36)52-32-40-12-4-6-14-46(40)48-16-8-10-18-50(48)52/h3-34H,1-2H3. The summed E-state index contributed by atoms with van der Waals surface area (Å²) >= 11 is 0. The third-order valence-electron chi connectivity index (χ3n) is 13.0. The molecule has 0 aromatic heterocycles. The minimum Gasteiger partial charge on any atom is -0.0616 e. The molecule has 11 aromatic carbocycles. The van der Waals surface area contributed by atoms with Crippen molar-refractivity contribution >= 4 is 64.6 Å². The second-order valence-corrected chi connectivity index (χ2v) is 16.5. The summed E-state index contributed by atoms with van der Waals surface area (Å²) in [6, 6.07) is 72.6. The Morgan fingerprint density at radius 1 is 0.263 bits per heavy atom. The third-order valence-corrected chi connectivity index (χ3v) is 13.0. The van der Waals surface area contributed by atoms with Gasteiger partial charge in [-0.2, -0.15) is 0 Å². The zero-order valence-corrected chi connectivity index (χ0v) is 32.0. The molecule has 0 amide bonds. The Kier molecular flexibility index (Phi) is 6.78. The molecular formula is C57H38. The molecule has 0 bridgehead atoms. The van der Waals surface area contributed by atoms with Crippen LogP contribution in [0.2, 0.25) is 0 Å². The maximum absolute atomic E-state index is 2.46. The first-order chi connectivity index (χ1) is 28.0. The molecule has 0 atom stereocenters. The smallest absolute Gasteiger partial charge is 0.0159 e. The summed E-state index contributed by atoms with van der Waals surface area (Å²) in [6.45, 7) is 4.82. The van der Waals surface area contributed by atoms with Gasteiger partial charge in [0.05, 0.1) is 0 Å². The molecule has 266 valence electrons. The van der Waals surface area contributed by atoms with E-state index in [0.717, 1.165) is 0 Å². The molecule has 0 unspecified atom stereocenters. The number of benzene rings is 11. The molecule has 0 heteroatoms. The number of hydrogen-bond donors (Lipinski definition) is 0. The van der Waals surface area contributed by atoms with Crippen molar-refractivity contribution in [3.63, 3.8) is 0 Å². The Balaban J connectivity index is 0.912. The largest absolute Gasteiger partial charge is 0.0616 e. The van der Waals surface area contributed by atoms with Crippen LogP contribution in [0.1, 0.15) is 25.0 Å². The molecule has 0 nitrogen and oxygen atoms in total. The van der Waals surface area contributed by atoms with Crippen LogP contribution in [-0.4, -0.2) is 0 Å². The fraction of sp³-hybridized carbons (Fsp3) is 0.0526. The van der Waals surface area contributed by atoms with Gasteiger partial charge in [-0.05, 0) is 157 Å². The van der Waals surface area contributed by atoms with E-state index in [2.05, 4.69) is 208 Å². The second kappa shape index (κ2) is 12.0. The number of fused-ring (bicyclic) bond motifs is 6. The average molecular weight is 723 g/mol. The molecule has 1 aliphatic rings. The van der Waals surface area contributed by atoms with Crippen LogP contribution < -0.4 is 0 Å². The van der Waals surface area contributed by atoms with Gasteiger partial charge < -0.3 is 0 Å². The lowest BCUT2D eigenvalue weighted by atomic mass is 9.80. The van der Waals surface area contributed by atoms with Gasteiger partial charge in [-0.3, -0.25) is 0 Å². The maximum Gasteiger partial charge on any atom is 0.0159 e. The molecular weight excluding hydrogens is 685 g/mol. The molecule has 0 fully saturated rings. The summed E-state index contributed by atoms with van der Waals surface area (Å²) in [4.78, 5) is 0. The maximum atomic E-state index is 2.46. The van der Waals surface area contributed by atoms with E-state index < -0.39 is 0 Å². The zero-order valence-electron chi connectivity index (χ0n) is 32.0. The van der Waals surface area contributed by atoms with Crippen molar-refractivity contribution in [2.75, 3.05) is 0 Å². The van der Waals surface area contributed by atoms with Crippen molar-refractivity contribution in [1.82, 2.24) is 0 Å². The van der Waals surface area contributed by atoms with E-state index in [0.29, 0.717) is 0 Å². The first kappa shape index (κ1) is 32.2. The highest BCUT2D eigenvalue weighted by Crippen LogP contribution is 2.51. The van der Waals surface area contributed by atoms with Crippen molar-refractivity contribution in [3.8, 4) is 44.5 Å². The molecule has 0 aliphatic heterocycles. The first-order valence-corrected chi connectivity index (χ1v) is 20.1. The molecule has 11 aromatic rings. The molecule has 0 radical (unpaired) electrons. The molecule has 57 heavy (non-hydrogen) atoms. The van der Waals surface area contributed by atoms with Crippen molar-refractivity contribution in [1.29, 1.82) is 0 Å². The number of hydrogen-bond acceptors (Lipinski definition) is 0. The highest BCUT2D eigenvalue weighted by Gasteiger charge is 2.35. The zero-order chi connectivity index (χ0) is 37.8. The Hall–Kier alpha value is -7.02. The number of rotatable bonds is 4. The second-order valence-electron chi connectivity index (χ2n) is 16.5. The summed E-state index contributed by atoms with van der Waals surface area (Å²) in [5.41, 5.74) is 12.8. The van der Waals surface area contributed by atoms with Crippen LogP contribution in [0.5, 0.6) is 0 Å². The van der Waals surface area contributed by atoms with E-state index in [4.69, 9.17) is 0 Å². The van der Waals surface area contributed by atoms with Gasteiger partial charge in [-0.15, -0.1) is 0 Å². The van der Waals surface area contributed by atoms with Crippen LogP contribution in [0, 0.1) is 0 Å². The minimum atomic E-state index is -0.139. The summed E-state index contributed by atoms with van der Waals surface area (Å²) < 4.78 is 0. The van der Waals surface area contributed by atoms with E-state index in [1.807, 2.05) is 0 Å². The highest BCUT2D eigenvalue weighted by atomic mass is 14.4. The normalized spacial score (nSPS) is 13.2. The molecule has 0 saturated heterocycles. The van der Waals surface area contributed by atoms with Crippen LogP contribution in [-0.2, 0) is 5.41 Å². The van der Waals surface area contributed by atoms with Gasteiger partial charge in [0.25, 0.3) is 0 Å². The molecule has 0 heterocycles. The summed E-state index contributed by atoms with van der Waals surface area (Å²) in [6.07, 6.45) is 0. The van der Waals surface area contributed by atoms with Gasteiger partial charge in [-0.25, -0.2) is 0 Å². The van der Waals surface area contributed by atoms with Crippen LogP contribution >= 0.6 is 0 Å². The SMILES string of the molecule is CC1(C)c2cc(-c3ccc(-c4cc5ccccc5c5ccccc45)cc3)cc3ccc4cc(-c5ccc(-c6cc7ccccc7c7ccccc67)cc5)cc1c4c23. The van der Waals surface area contributed by atoms with Gasteiger partial charge in [0.15, 0.2) is 0 Å². The van der Waals surface area contributed by atoms with Crippen molar-refractivity contribution in [2.24, 2.45) is 0 Å². The van der Waals surface area contributed by atoms with Crippen LogP contribution in [0.3, 0.4) is 0 Å². The van der Waals surface area contributed by atoms with Crippen LogP contribution in [0.4, 0.5) is 0 Å². The van der Waals surface area contributed by atoms with Gasteiger partial charge in [-0.1, -0.05) is 172 Å². The Morgan fingerprint density at radius 3 is 1.04 bits per heavy atom. The topological polar surface area (TPSA) is 0 Å². The summed E-state index contributed by atoms with van der Waals surface area (Å²) in [5, 5.41) is 15.8. The molecule has 12 rings (SSSR count). The average Bonchev–Trinajstić information content (AvgIpc) is 3.51. The quantitative estimate of drug-likeness (QED) is 0.159. The van der Waals surface area contributed by atoms with Crippen molar-refractivity contribution < 1.29 is 0 Å². The fourth-order valence-electron chi connectivity index (χ4n) is 10.1. The van der Waals surface area contributed by atoms with Gasteiger partial charge >= 0.3 is 0 Å². The fourth-order valence-corrected chi connectivity index (χ4v) is 10.1. The Labute approximate surface area is 332 Å². The van der Waals surface area contributed by atoms with Crippen molar-refractivity contribution in [3.05, 3.63) is 205 Å². The van der Waals surface area contributed by atoms with Gasteiger partial charge in [0, 0.05) is 5.41 Å². The van der Waals surface area contributed by atoms with Crippen molar-refractivity contribution in [2.45, 2.75) is 19.3 Å². The Morgan fingerprint density at radius 2 is 0.614 bits per heavy atom.